The Balaban J connectivity index is 3.71. The first-order chi connectivity index (χ1) is 10.5. The van der Waals surface area contributed by atoms with Gasteiger partial charge in [0.15, 0.2) is 0 Å². The molecular formula is C20H48P2Pt. The maximum absolute atomic E-state index is 2.64. The Morgan fingerprint density at radius 2 is 0.783 bits per heavy atom. The fraction of sp³-hybridized carbons (Fsp3) is 1.00. The summed E-state index contributed by atoms with van der Waals surface area (Å²) in [6, 6.07) is 0. The summed E-state index contributed by atoms with van der Waals surface area (Å²) in [5.74, 6) is 0. The zero-order chi connectivity index (χ0) is 18.2. The molecule has 23 heavy (non-hydrogen) atoms. The molecule has 3 heteroatoms. The van der Waals surface area contributed by atoms with E-state index in [2.05, 4.69) is 69.2 Å². The van der Waals surface area contributed by atoms with Crippen molar-refractivity contribution in [1.29, 1.82) is 0 Å². The quantitative estimate of drug-likeness (QED) is 0.277. The molecule has 0 amide bonds. The monoisotopic (exact) mass is 545 g/mol. The second-order valence-electron chi connectivity index (χ2n) is 8.97. The maximum atomic E-state index is 2.64. The van der Waals surface area contributed by atoms with Gasteiger partial charge in [-0.1, -0.05) is 0 Å². The predicted molar refractivity (Wildman–Crippen MR) is 117 cm³/mol. The molecule has 0 nitrogen and oxygen atoms in total. The van der Waals surface area contributed by atoms with Crippen LogP contribution in [0.2, 0.25) is 9.62 Å². The van der Waals surface area contributed by atoms with E-state index in [4.69, 9.17) is 0 Å². The number of rotatable bonds is 8. The van der Waals surface area contributed by atoms with Gasteiger partial charge in [-0.25, -0.2) is 0 Å². The molecule has 1 heterocycles. The van der Waals surface area contributed by atoms with Gasteiger partial charge in [-0.15, -0.1) is 0 Å². The van der Waals surface area contributed by atoms with Crippen molar-refractivity contribution >= 4 is 10.7 Å². The topological polar surface area (TPSA) is 0 Å². The summed E-state index contributed by atoms with van der Waals surface area (Å²) in [5.41, 5.74) is 1.17. The fourth-order valence-electron chi connectivity index (χ4n) is 4.91. The van der Waals surface area contributed by atoms with Crippen molar-refractivity contribution in [2.45, 2.75) is 78.9 Å². The van der Waals surface area contributed by atoms with Crippen LogP contribution in [0.5, 0.6) is 0 Å². The van der Waals surface area contributed by atoms with Crippen molar-refractivity contribution in [3.8, 4) is 0 Å². The summed E-state index contributed by atoms with van der Waals surface area (Å²) >= 11 is -1.77. The van der Waals surface area contributed by atoms with Crippen LogP contribution in [-0.4, -0.2) is 37.0 Å². The van der Waals surface area contributed by atoms with Crippen molar-refractivity contribution in [2.24, 2.45) is 10.8 Å². The molecule has 0 bridgehead atoms. The van der Waals surface area contributed by atoms with Crippen LogP contribution in [0.25, 0.3) is 0 Å². The van der Waals surface area contributed by atoms with Gasteiger partial charge in [0.1, 0.15) is 0 Å². The fourth-order valence-corrected chi connectivity index (χ4v) is 110. The van der Waals surface area contributed by atoms with Gasteiger partial charge in [-0.05, 0) is 0 Å². The third kappa shape index (κ3) is 3.19. The van der Waals surface area contributed by atoms with E-state index >= 15 is 0 Å². The van der Waals surface area contributed by atoms with Gasteiger partial charge in [0.25, 0.3) is 0 Å². The predicted octanol–water partition coefficient (Wildman–Crippen LogP) is 7.49. The number of hydrogen-bond donors (Lipinski definition) is 0. The first-order valence-electron chi connectivity index (χ1n) is 10.1. The van der Waals surface area contributed by atoms with E-state index in [9.17, 15) is 0 Å². The van der Waals surface area contributed by atoms with E-state index in [1.807, 2.05) is 0 Å². The molecule has 0 aromatic carbocycles. The summed E-state index contributed by atoms with van der Waals surface area (Å²) in [6.45, 7) is 26.2. The Morgan fingerprint density at radius 1 is 0.565 bits per heavy atom. The Kier molecular flexibility index (Phi) is 7.52. The molecule has 0 spiro atoms. The van der Waals surface area contributed by atoms with Crippen LogP contribution in [0.15, 0.2) is 0 Å². The van der Waals surface area contributed by atoms with Gasteiger partial charge in [-0.2, -0.15) is 0 Å². The molecule has 1 rings (SSSR count). The molecular weight excluding hydrogens is 497 g/mol. The van der Waals surface area contributed by atoms with Crippen molar-refractivity contribution in [3.63, 3.8) is 0 Å². The average molecular weight is 546 g/mol. The second-order valence-corrected chi connectivity index (χ2v) is 51.0. The summed E-state index contributed by atoms with van der Waals surface area (Å²) in [4.78, 5) is 3.44. The van der Waals surface area contributed by atoms with Gasteiger partial charge in [0.05, 0.1) is 0 Å². The molecule has 0 aromatic heterocycles. The summed E-state index contributed by atoms with van der Waals surface area (Å²) in [6.07, 6.45) is 9.57. The van der Waals surface area contributed by atoms with Gasteiger partial charge in [0.2, 0.25) is 0 Å². The van der Waals surface area contributed by atoms with E-state index in [1.54, 1.807) is 46.6 Å². The van der Waals surface area contributed by atoms with E-state index in [0.29, 0.717) is 10.8 Å². The molecule has 1 aliphatic rings. The molecule has 0 unspecified atom stereocenters. The van der Waals surface area contributed by atoms with Crippen LogP contribution in [0.1, 0.15) is 69.2 Å². The Morgan fingerprint density at radius 3 is 0.957 bits per heavy atom. The minimum absolute atomic E-state index is 0.583. The van der Waals surface area contributed by atoms with Crippen LogP contribution in [0.3, 0.4) is 0 Å². The van der Waals surface area contributed by atoms with Crippen LogP contribution in [0.4, 0.5) is 0 Å². The summed E-state index contributed by atoms with van der Waals surface area (Å²) in [7, 11) is 0. The molecule has 1 aliphatic heterocycles. The molecule has 1 fully saturated rings. The normalized spacial score (nSPS) is 26.0. The minimum atomic E-state index is -1.77. The molecule has 0 N–H and O–H groups in total. The van der Waals surface area contributed by atoms with Crippen molar-refractivity contribution < 1.29 is 15.0 Å². The summed E-state index contributed by atoms with van der Waals surface area (Å²) < 4.78 is 0. The molecule has 148 valence electrons. The third-order valence-corrected chi connectivity index (χ3v) is 86.7. The van der Waals surface area contributed by atoms with Crippen molar-refractivity contribution in [2.75, 3.05) is 37.0 Å². The van der Waals surface area contributed by atoms with Crippen LogP contribution >= 0.6 is 10.7 Å². The van der Waals surface area contributed by atoms with E-state index < -0.39 is 25.8 Å². The Bertz CT molecular complexity index is 338. The Hall–Kier alpha value is 1.55. The molecule has 0 radical (unpaired) electrons. The molecule has 0 aromatic rings. The standard InChI is InChI=1S/C8H16.2C6H15P.Pt/c1-7(2,3)8(4,5)6;2*1-4-7(5-2)6-3;/h1,4H2,2-3,5-6H3;2*4-6H2,1-3H3;/q;;;-2/p+2. The van der Waals surface area contributed by atoms with Crippen LogP contribution in [0, 0.1) is 10.8 Å². The van der Waals surface area contributed by atoms with Crippen molar-refractivity contribution in [1.82, 2.24) is 0 Å². The second kappa shape index (κ2) is 7.65. The average Bonchev–Trinajstić information content (AvgIpc) is 2.70. The summed E-state index contributed by atoms with van der Waals surface area (Å²) in [5, 5.41) is -2.14. The molecule has 1 saturated heterocycles. The van der Waals surface area contributed by atoms with Gasteiger partial charge in [-0.3, -0.25) is 0 Å². The Labute approximate surface area is 152 Å². The SMILES string of the molecule is CC[PH](CC)(CC)[Pt]1([PH](CC)(CC)CC)[CH2]C(C)(C)C(C)(C)[CH2]1. The van der Waals surface area contributed by atoms with Gasteiger partial charge < -0.3 is 0 Å². The first kappa shape index (κ1) is 22.6. The van der Waals surface area contributed by atoms with Crippen LogP contribution in [-0.2, 0) is 15.0 Å². The molecule has 0 atom stereocenters. The third-order valence-electron chi connectivity index (χ3n) is 7.73. The molecule has 0 aliphatic carbocycles. The molecule has 0 saturated carbocycles. The zero-order valence-electron chi connectivity index (χ0n) is 18.0. The number of hydrogen-bond acceptors (Lipinski definition) is 0. The van der Waals surface area contributed by atoms with E-state index in [0.717, 1.165) is 0 Å². The van der Waals surface area contributed by atoms with Gasteiger partial charge in [0, 0.05) is 0 Å². The zero-order valence-corrected chi connectivity index (χ0v) is 22.2. The van der Waals surface area contributed by atoms with Crippen LogP contribution < -0.4 is 0 Å². The van der Waals surface area contributed by atoms with E-state index in [-0.39, 0.29) is 0 Å². The van der Waals surface area contributed by atoms with Gasteiger partial charge >= 0.3 is 152 Å². The first-order valence-corrected chi connectivity index (χ1v) is 25.0. The van der Waals surface area contributed by atoms with E-state index in [1.165, 1.54) is 0 Å². The van der Waals surface area contributed by atoms with Crippen molar-refractivity contribution in [3.05, 3.63) is 0 Å².